The molecule has 0 fully saturated rings. The monoisotopic (exact) mass is 314 g/mol. The second-order valence-corrected chi connectivity index (χ2v) is 5.23. The van der Waals surface area contributed by atoms with Crippen molar-refractivity contribution >= 4 is 11.6 Å². The molecule has 0 spiro atoms. The number of methoxy groups -OCH3 is 1. The van der Waals surface area contributed by atoms with Gasteiger partial charge in [0.25, 0.3) is 0 Å². The molecule has 0 aromatic heterocycles. The topological polar surface area (TPSA) is 59.6 Å². The summed E-state index contributed by atoms with van der Waals surface area (Å²) < 4.78 is 11.1. The van der Waals surface area contributed by atoms with E-state index < -0.39 is 0 Å². The van der Waals surface area contributed by atoms with Crippen LogP contribution in [0.15, 0.2) is 48.5 Å². The van der Waals surface area contributed by atoms with Crippen molar-refractivity contribution < 1.29 is 14.3 Å². The first-order valence-electron chi connectivity index (χ1n) is 7.50. The van der Waals surface area contributed by atoms with Gasteiger partial charge in [-0.05, 0) is 43.4 Å². The molecule has 0 aliphatic heterocycles. The number of rotatable bonds is 7. The van der Waals surface area contributed by atoms with Crippen molar-refractivity contribution in [2.45, 2.75) is 6.92 Å². The number of carbonyl (C=O) groups excluding carboxylic acids is 1. The van der Waals surface area contributed by atoms with Crippen LogP contribution in [0, 0.1) is 5.92 Å². The van der Waals surface area contributed by atoms with Crippen molar-refractivity contribution in [1.82, 2.24) is 5.32 Å². The fourth-order valence-corrected chi connectivity index (χ4v) is 2.10. The third kappa shape index (κ3) is 4.72. The number of para-hydroxylation sites is 2. The molecular weight excluding hydrogens is 292 g/mol. The van der Waals surface area contributed by atoms with Gasteiger partial charge in [0.15, 0.2) is 11.5 Å². The Morgan fingerprint density at radius 2 is 1.74 bits per heavy atom. The summed E-state index contributed by atoms with van der Waals surface area (Å²) in [4.78, 5) is 12.0. The van der Waals surface area contributed by atoms with Crippen LogP contribution in [0.25, 0.3) is 0 Å². The highest BCUT2D eigenvalue weighted by molar-refractivity contribution is 5.92. The van der Waals surface area contributed by atoms with Crippen molar-refractivity contribution in [1.29, 1.82) is 0 Å². The molecule has 1 unspecified atom stereocenters. The lowest BCUT2D eigenvalue weighted by atomic mass is 10.1. The van der Waals surface area contributed by atoms with E-state index in [1.165, 1.54) is 0 Å². The van der Waals surface area contributed by atoms with Crippen LogP contribution in [-0.4, -0.2) is 26.6 Å². The molecule has 0 saturated carbocycles. The fraction of sp³-hybridized carbons (Fsp3) is 0.278. The highest BCUT2D eigenvalue weighted by atomic mass is 16.5. The molecule has 0 saturated heterocycles. The average molecular weight is 314 g/mol. The molecule has 5 heteroatoms. The lowest BCUT2D eigenvalue weighted by molar-refractivity contribution is -0.119. The van der Waals surface area contributed by atoms with Crippen LogP contribution in [0.5, 0.6) is 17.2 Å². The average Bonchev–Trinajstić information content (AvgIpc) is 2.57. The van der Waals surface area contributed by atoms with Gasteiger partial charge < -0.3 is 20.1 Å². The maximum Gasteiger partial charge on any atom is 0.228 e. The number of amides is 1. The molecule has 23 heavy (non-hydrogen) atoms. The summed E-state index contributed by atoms with van der Waals surface area (Å²) in [5.41, 5.74) is 0.741. The molecule has 1 atom stereocenters. The Balaban J connectivity index is 2.01. The summed E-state index contributed by atoms with van der Waals surface area (Å²) in [5.74, 6) is 1.89. The Bertz CT molecular complexity index is 641. The highest BCUT2D eigenvalue weighted by Gasteiger charge is 2.12. The minimum atomic E-state index is -0.0930. The molecule has 0 aliphatic carbocycles. The van der Waals surface area contributed by atoms with Gasteiger partial charge in [-0.3, -0.25) is 4.79 Å². The molecule has 2 aromatic rings. The van der Waals surface area contributed by atoms with Gasteiger partial charge in [-0.2, -0.15) is 0 Å². The lowest BCUT2D eigenvalue weighted by Gasteiger charge is -2.13. The van der Waals surface area contributed by atoms with E-state index in [0.717, 1.165) is 5.69 Å². The van der Waals surface area contributed by atoms with Crippen LogP contribution >= 0.6 is 0 Å². The third-order valence-corrected chi connectivity index (χ3v) is 3.38. The number of hydrogen-bond donors (Lipinski definition) is 2. The van der Waals surface area contributed by atoms with Gasteiger partial charge in [0.05, 0.1) is 7.11 Å². The molecule has 0 aliphatic rings. The second kappa shape index (κ2) is 8.19. The predicted octanol–water partition coefficient (Wildman–Crippen LogP) is 3.28. The van der Waals surface area contributed by atoms with E-state index in [-0.39, 0.29) is 11.8 Å². The van der Waals surface area contributed by atoms with Gasteiger partial charge >= 0.3 is 0 Å². The van der Waals surface area contributed by atoms with Crippen LogP contribution in [0.4, 0.5) is 5.69 Å². The summed E-state index contributed by atoms with van der Waals surface area (Å²) in [6.45, 7) is 2.52. The smallest absolute Gasteiger partial charge is 0.228 e. The van der Waals surface area contributed by atoms with E-state index >= 15 is 0 Å². The number of nitrogens with one attached hydrogen (secondary N) is 2. The van der Waals surface area contributed by atoms with Gasteiger partial charge in [-0.1, -0.05) is 19.1 Å². The number of hydrogen-bond acceptors (Lipinski definition) is 4. The van der Waals surface area contributed by atoms with E-state index in [9.17, 15) is 4.79 Å². The molecule has 2 N–H and O–H groups in total. The molecular formula is C18H22N2O3. The number of ether oxygens (including phenoxy) is 2. The minimum Gasteiger partial charge on any atom is -0.493 e. The molecule has 5 nitrogen and oxygen atoms in total. The molecule has 1 amide bonds. The summed E-state index contributed by atoms with van der Waals surface area (Å²) in [6, 6.07) is 14.7. The zero-order chi connectivity index (χ0) is 16.7. The predicted molar refractivity (Wildman–Crippen MR) is 91.2 cm³/mol. The van der Waals surface area contributed by atoms with Crippen molar-refractivity contribution in [2.24, 2.45) is 5.92 Å². The SMILES string of the molecule is CNCC(C)C(=O)Nc1ccc(Oc2ccccc2OC)cc1. The Labute approximate surface area is 136 Å². The Morgan fingerprint density at radius 1 is 1.09 bits per heavy atom. The Hall–Kier alpha value is -2.53. The van der Waals surface area contributed by atoms with Gasteiger partial charge in [0.2, 0.25) is 5.91 Å². The van der Waals surface area contributed by atoms with Gasteiger partial charge in [0.1, 0.15) is 5.75 Å². The maximum absolute atomic E-state index is 12.0. The Kier molecular flexibility index (Phi) is 6.00. The van der Waals surface area contributed by atoms with Crippen molar-refractivity contribution in [3.8, 4) is 17.2 Å². The van der Waals surface area contributed by atoms with Crippen molar-refractivity contribution in [3.05, 3.63) is 48.5 Å². The standard InChI is InChI=1S/C18H22N2O3/c1-13(12-19-2)18(21)20-14-8-10-15(11-9-14)23-17-7-5-4-6-16(17)22-3/h4-11,13,19H,12H2,1-3H3,(H,20,21). The van der Waals surface area contributed by atoms with Crippen LogP contribution in [0.2, 0.25) is 0 Å². The van der Waals surface area contributed by atoms with Gasteiger partial charge in [0, 0.05) is 18.2 Å². The van der Waals surface area contributed by atoms with Gasteiger partial charge in [-0.15, -0.1) is 0 Å². The normalized spacial score (nSPS) is 11.6. The van der Waals surface area contributed by atoms with E-state index in [1.54, 1.807) is 7.11 Å². The van der Waals surface area contributed by atoms with Crippen molar-refractivity contribution in [2.75, 3.05) is 26.0 Å². The first kappa shape index (κ1) is 16.8. The number of anilines is 1. The molecule has 2 aromatic carbocycles. The van der Waals surface area contributed by atoms with E-state index in [2.05, 4.69) is 10.6 Å². The van der Waals surface area contributed by atoms with Crippen LogP contribution in [0.3, 0.4) is 0 Å². The fourth-order valence-electron chi connectivity index (χ4n) is 2.10. The molecule has 122 valence electrons. The lowest BCUT2D eigenvalue weighted by Crippen LogP contribution is -2.28. The first-order chi connectivity index (χ1) is 11.1. The summed E-state index contributed by atoms with van der Waals surface area (Å²) in [7, 11) is 3.43. The quantitative estimate of drug-likeness (QED) is 0.823. The molecule has 0 radical (unpaired) electrons. The summed E-state index contributed by atoms with van der Waals surface area (Å²) >= 11 is 0. The minimum absolute atomic E-state index is 0.0160. The Morgan fingerprint density at radius 3 is 2.35 bits per heavy atom. The summed E-state index contributed by atoms with van der Waals surface area (Å²) in [6.07, 6.45) is 0. The second-order valence-electron chi connectivity index (χ2n) is 5.23. The molecule has 0 bridgehead atoms. The molecule has 0 heterocycles. The highest BCUT2D eigenvalue weighted by Crippen LogP contribution is 2.31. The van der Waals surface area contributed by atoms with Crippen LogP contribution in [-0.2, 0) is 4.79 Å². The number of benzene rings is 2. The van der Waals surface area contributed by atoms with E-state index in [4.69, 9.17) is 9.47 Å². The zero-order valence-electron chi connectivity index (χ0n) is 13.6. The largest absolute Gasteiger partial charge is 0.493 e. The van der Waals surface area contributed by atoms with E-state index in [1.807, 2.05) is 62.5 Å². The zero-order valence-corrected chi connectivity index (χ0v) is 13.6. The first-order valence-corrected chi connectivity index (χ1v) is 7.50. The summed E-state index contributed by atoms with van der Waals surface area (Å²) in [5, 5.41) is 5.87. The van der Waals surface area contributed by atoms with Crippen LogP contribution in [0.1, 0.15) is 6.92 Å². The van der Waals surface area contributed by atoms with Crippen molar-refractivity contribution in [3.63, 3.8) is 0 Å². The van der Waals surface area contributed by atoms with Crippen LogP contribution < -0.4 is 20.1 Å². The van der Waals surface area contributed by atoms with E-state index in [0.29, 0.717) is 23.8 Å². The molecule has 2 rings (SSSR count). The third-order valence-electron chi connectivity index (χ3n) is 3.38. The number of carbonyl (C=O) groups is 1. The maximum atomic E-state index is 12.0. The van der Waals surface area contributed by atoms with Gasteiger partial charge in [-0.25, -0.2) is 0 Å².